The lowest BCUT2D eigenvalue weighted by Crippen LogP contribution is -2.44. The molecular formula is C22H31FN8O. The maximum Gasteiger partial charge on any atom is 0.191 e. The van der Waals surface area contributed by atoms with Gasteiger partial charge in [0.25, 0.3) is 0 Å². The van der Waals surface area contributed by atoms with Crippen molar-refractivity contribution in [3.63, 3.8) is 0 Å². The van der Waals surface area contributed by atoms with E-state index in [9.17, 15) is 4.39 Å². The molecule has 3 heterocycles. The molecule has 0 aliphatic carbocycles. The third-order valence-corrected chi connectivity index (χ3v) is 5.80. The lowest BCUT2D eigenvalue weighted by Gasteiger charge is -2.26. The number of halogens is 1. The number of H-pyrrole nitrogens is 1. The number of nitrogens with one attached hydrogen (secondary N) is 3. The van der Waals surface area contributed by atoms with Crippen LogP contribution in [0.3, 0.4) is 0 Å². The topological polar surface area (TPSA) is 95.4 Å². The molecular weight excluding hydrogens is 411 g/mol. The van der Waals surface area contributed by atoms with Crippen LogP contribution in [-0.4, -0.2) is 76.5 Å². The van der Waals surface area contributed by atoms with Crippen LogP contribution in [0.1, 0.15) is 17.2 Å². The first kappa shape index (κ1) is 22.2. The molecule has 0 unspecified atom stereocenters. The average Bonchev–Trinajstić information content (AvgIpc) is 3.35. The number of guanidine groups is 1. The van der Waals surface area contributed by atoms with Gasteiger partial charge in [0.1, 0.15) is 18.2 Å². The SMILES string of the molecule is Cc1nnc(CN=C(NCCc2c[nH]c3cc(F)ccc23)NCCN2CCOCC2)n1C. The van der Waals surface area contributed by atoms with Crippen LogP contribution in [0.15, 0.2) is 29.4 Å². The molecule has 1 fully saturated rings. The zero-order valence-electron chi connectivity index (χ0n) is 18.7. The Morgan fingerprint density at radius 2 is 2.03 bits per heavy atom. The third kappa shape index (κ3) is 5.63. The molecule has 1 aliphatic rings. The van der Waals surface area contributed by atoms with Crippen LogP contribution in [-0.2, 0) is 24.8 Å². The summed E-state index contributed by atoms with van der Waals surface area (Å²) in [6, 6.07) is 4.84. The van der Waals surface area contributed by atoms with Crippen LogP contribution in [0.4, 0.5) is 4.39 Å². The Kier molecular flexibility index (Phi) is 7.33. The van der Waals surface area contributed by atoms with Crippen LogP contribution < -0.4 is 10.6 Å². The van der Waals surface area contributed by atoms with E-state index in [0.29, 0.717) is 13.1 Å². The fraction of sp³-hybridized carbons (Fsp3) is 0.500. The molecule has 3 aromatic rings. The van der Waals surface area contributed by atoms with Gasteiger partial charge in [0.2, 0.25) is 0 Å². The second-order valence-corrected chi connectivity index (χ2v) is 7.95. The second-order valence-electron chi connectivity index (χ2n) is 7.95. The molecule has 9 nitrogen and oxygen atoms in total. The van der Waals surface area contributed by atoms with Gasteiger partial charge in [-0.3, -0.25) is 4.90 Å². The zero-order chi connectivity index (χ0) is 22.3. The molecule has 3 N–H and O–H groups in total. The van der Waals surface area contributed by atoms with Gasteiger partial charge in [-0.15, -0.1) is 10.2 Å². The monoisotopic (exact) mass is 442 g/mol. The third-order valence-electron chi connectivity index (χ3n) is 5.80. The van der Waals surface area contributed by atoms with Crippen molar-refractivity contribution >= 4 is 16.9 Å². The summed E-state index contributed by atoms with van der Waals surface area (Å²) < 4.78 is 20.8. The summed E-state index contributed by atoms with van der Waals surface area (Å²) in [6.07, 6.45) is 2.73. The van der Waals surface area contributed by atoms with Crippen molar-refractivity contribution in [3.05, 3.63) is 47.4 Å². The zero-order valence-corrected chi connectivity index (χ0v) is 18.7. The Morgan fingerprint density at radius 3 is 2.81 bits per heavy atom. The van der Waals surface area contributed by atoms with Gasteiger partial charge in [-0.25, -0.2) is 9.38 Å². The number of aromatic amines is 1. The van der Waals surface area contributed by atoms with Crippen LogP contribution in [0.2, 0.25) is 0 Å². The largest absolute Gasteiger partial charge is 0.379 e. The molecule has 172 valence electrons. The van der Waals surface area contributed by atoms with E-state index in [-0.39, 0.29) is 5.82 Å². The Labute approximate surface area is 187 Å². The first-order valence-electron chi connectivity index (χ1n) is 11.0. The molecule has 1 saturated heterocycles. The van der Waals surface area contributed by atoms with E-state index in [1.807, 2.05) is 30.8 Å². The van der Waals surface area contributed by atoms with Crippen molar-refractivity contribution in [1.82, 2.24) is 35.3 Å². The van der Waals surface area contributed by atoms with Gasteiger partial charge in [-0.1, -0.05) is 0 Å². The summed E-state index contributed by atoms with van der Waals surface area (Å²) in [6.45, 7) is 8.28. The molecule has 0 amide bonds. The minimum Gasteiger partial charge on any atom is -0.379 e. The van der Waals surface area contributed by atoms with Crippen molar-refractivity contribution < 1.29 is 9.13 Å². The molecule has 10 heteroatoms. The van der Waals surface area contributed by atoms with Crippen molar-refractivity contribution in [2.24, 2.45) is 12.0 Å². The van der Waals surface area contributed by atoms with Gasteiger partial charge in [0.05, 0.1) is 13.2 Å². The number of rotatable bonds is 8. The molecule has 1 aliphatic heterocycles. The van der Waals surface area contributed by atoms with E-state index < -0.39 is 0 Å². The molecule has 2 aromatic heterocycles. The summed E-state index contributed by atoms with van der Waals surface area (Å²) in [7, 11) is 1.94. The van der Waals surface area contributed by atoms with E-state index in [4.69, 9.17) is 9.73 Å². The number of aryl methyl sites for hydroxylation is 1. The molecule has 0 radical (unpaired) electrons. The van der Waals surface area contributed by atoms with Crippen molar-refractivity contribution in [1.29, 1.82) is 0 Å². The lowest BCUT2D eigenvalue weighted by molar-refractivity contribution is 0.0389. The highest BCUT2D eigenvalue weighted by Gasteiger charge is 2.11. The Hall–Kier alpha value is -2.98. The lowest BCUT2D eigenvalue weighted by atomic mass is 10.1. The van der Waals surface area contributed by atoms with Crippen LogP contribution in [0.5, 0.6) is 0 Å². The first-order valence-corrected chi connectivity index (χ1v) is 11.0. The van der Waals surface area contributed by atoms with E-state index >= 15 is 0 Å². The van der Waals surface area contributed by atoms with E-state index in [0.717, 1.165) is 79.9 Å². The summed E-state index contributed by atoms with van der Waals surface area (Å²) in [4.78, 5) is 10.2. The summed E-state index contributed by atoms with van der Waals surface area (Å²) >= 11 is 0. The van der Waals surface area contributed by atoms with Gasteiger partial charge in [-0.05, 0) is 37.1 Å². The van der Waals surface area contributed by atoms with Crippen molar-refractivity contribution in [3.8, 4) is 0 Å². The minimum absolute atomic E-state index is 0.234. The van der Waals surface area contributed by atoms with Crippen LogP contribution in [0.25, 0.3) is 10.9 Å². The molecule has 1 aromatic carbocycles. The maximum atomic E-state index is 13.4. The number of benzene rings is 1. The molecule has 32 heavy (non-hydrogen) atoms. The second kappa shape index (κ2) is 10.6. The van der Waals surface area contributed by atoms with Crippen molar-refractivity contribution in [2.45, 2.75) is 19.9 Å². The van der Waals surface area contributed by atoms with E-state index in [2.05, 4.69) is 30.7 Å². The smallest absolute Gasteiger partial charge is 0.191 e. The molecule has 0 spiro atoms. The van der Waals surface area contributed by atoms with Crippen LogP contribution in [0, 0.1) is 12.7 Å². The minimum atomic E-state index is -0.234. The van der Waals surface area contributed by atoms with E-state index in [1.54, 1.807) is 0 Å². The Morgan fingerprint density at radius 1 is 1.22 bits per heavy atom. The highest BCUT2D eigenvalue weighted by atomic mass is 19.1. The van der Waals surface area contributed by atoms with Crippen LogP contribution >= 0.6 is 0 Å². The molecule has 0 saturated carbocycles. The molecule has 0 atom stereocenters. The number of fused-ring (bicyclic) bond motifs is 1. The normalized spacial score (nSPS) is 15.4. The molecule has 4 rings (SSSR count). The predicted molar refractivity (Wildman–Crippen MR) is 122 cm³/mol. The summed E-state index contributed by atoms with van der Waals surface area (Å²) in [5.74, 6) is 2.18. The van der Waals surface area contributed by atoms with Gasteiger partial charge in [0, 0.05) is 56.9 Å². The average molecular weight is 443 g/mol. The Bertz CT molecular complexity index is 1050. The number of aromatic nitrogens is 4. The van der Waals surface area contributed by atoms with Gasteiger partial charge in [0.15, 0.2) is 11.8 Å². The number of hydrogen-bond acceptors (Lipinski definition) is 5. The van der Waals surface area contributed by atoms with Gasteiger partial charge < -0.3 is 24.9 Å². The number of morpholine rings is 1. The highest BCUT2D eigenvalue weighted by Crippen LogP contribution is 2.19. The highest BCUT2D eigenvalue weighted by molar-refractivity contribution is 5.83. The first-order chi connectivity index (χ1) is 15.6. The maximum absolute atomic E-state index is 13.4. The van der Waals surface area contributed by atoms with E-state index in [1.165, 1.54) is 12.1 Å². The fourth-order valence-corrected chi connectivity index (χ4v) is 3.75. The molecule has 0 bridgehead atoms. The predicted octanol–water partition coefficient (Wildman–Crippen LogP) is 1.35. The number of nitrogens with zero attached hydrogens (tertiary/aromatic N) is 5. The van der Waals surface area contributed by atoms with Gasteiger partial charge >= 0.3 is 0 Å². The number of aliphatic imine (C=N–C) groups is 1. The number of hydrogen-bond donors (Lipinski definition) is 3. The summed E-state index contributed by atoms with van der Waals surface area (Å²) in [5, 5.41) is 16.2. The Balaban J connectivity index is 1.35. The fourth-order valence-electron chi connectivity index (χ4n) is 3.75. The quantitative estimate of drug-likeness (QED) is 0.360. The number of ether oxygens (including phenoxy) is 1. The standard InChI is InChI=1S/C22H31FN8O/c1-16-28-29-21(30(16)2)15-27-22(25-7-8-31-9-11-32-12-10-31)24-6-5-17-14-26-20-13-18(23)3-4-19(17)20/h3-4,13-14,26H,5-12,15H2,1-2H3,(H2,24,25,27). The van der Waals surface area contributed by atoms with Crippen molar-refractivity contribution in [2.75, 3.05) is 45.9 Å². The van der Waals surface area contributed by atoms with Gasteiger partial charge in [-0.2, -0.15) is 0 Å². The summed E-state index contributed by atoms with van der Waals surface area (Å²) in [5.41, 5.74) is 1.96.